The van der Waals surface area contributed by atoms with Crippen LogP contribution < -0.4 is 24.8 Å². The van der Waals surface area contributed by atoms with Gasteiger partial charge in [0, 0.05) is 13.8 Å². The number of halogens is 2. The van der Waals surface area contributed by atoms with Gasteiger partial charge >= 0.3 is 21.7 Å². The summed E-state index contributed by atoms with van der Waals surface area (Å²) in [7, 11) is -0.454. The quantitative estimate of drug-likeness (QED) is 0.452. The third-order valence-electron chi connectivity index (χ3n) is 10.2. The van der Waals surface area contributed by atoms with Crippen LogP contribution in [0.5, 0.6) is 0 Å². The second kappa shape index (κ2) is 3.90. The van der Waals surface area contributed by atoms with Gasteiger partial charge in [-0.15, -0.1) is 0 Å². The molecule has 9 atom stereocenters. The van der Waals surface area contributed by atoms with E-state index in [1.807, 2.05) is 0 Å². The first-order valence-corrected chi connectivity index (χ1v) is 10.1. The first kappa shape index (κ1) is 18.0. The third kappa shape index (κ3) is 0.893. The zero-order chi connectivity index (χ0) is 14.5. The van der Waals surface area contributed by atoms with Crippen LogP contribution in [0, 0.1) is 39.9 Å². The molecule has 1 radical (unpaired) electrons. The molecule has 2 spiro atoms. The topological polar surface area (TPSA) is 40.9 Å². The van der Waals surface area contributed by atoms with Crippen LogP contribution in [0.4, 0.5) is 0 Å². The van der Waals surface area contributed by atoms with Crippen molar-refractivity contribution in [3.8, 4) is 0 Å². The molecule has 2 nitrogen and oxygen atoms in total. The number of nitrogens with one attached hydrogen (secondary N) is 1. The molecule has 0 aromatic heterocycles. The van der Waals surface area contributed by atoms with Crippen molar-refractivity contribution in [2.75, 3.05) is 0 Å². The minimum absolute atomic E-state index is 0. The summed E-state index contributed by atoms with van der Waals surface area (Å²) in [6.07, 6.45) is 1.34. The molecule has 1 N–H and O–H groups in total. The maximum atomic E-state index is 12.0. The molecule has 4 bridgehead atoms. The van der Waals surface area contributed by atoms with Crippen molar-refractivity contribution < 1.29 is 51.3 Å². The monoisotopic (exact) mass is 412 g/mol. The molecule has 9 aliphatic rings. The van der Waals surface area contributed by atoms with E-state index in [2.05, 4.69) is 27.7 Å². The normalized spacial score (nSPS) is 62.9. The molecule has 1 heterocycles. The average Bonchev–Trinajstić information content (AvgIpc) is 3.28. The van der Waals surface area contributed by atoms with Crippen molar-refractivity contribution in [3.05, 3.63) is 16.9 Å². The Morgan fingerprint density at radius 3 is 2.21 bits per heavy atom. The Kier molecular flexibility index (Phi) is 2.92. The molecule has 0 aromatic rings. The Hall–Kier alpha value is 0.591. The SMILES string of the molecule is CC1=C(C)C(C)[Si](C23C4C5CC26C2C5(C([NH-])=O)C26C43)=C1C.[Cl-].[Cl-].[Ti+3]. The van der Waals surface area contributed by atoms with Crippen LogP contribution in [0.25, 0.3) is 5.73 Å². The van der Waals surface area contributed by atoms with Gasteiger partial charge in [0.2, 0.25) is 0 Å². The summed E-state index contributed by atoms with van der Waals surface area (Å²) in [5.41, 5.74) is 12.9. The smallest absolute Gasteiger partial charge is 1.00 e. The molecule has 1 amide bonds. The minimum Gasteiger partial charge on any atom is -1.00 e. The molecule has 9 unspecified atom stereocenters. The predicted octanol–water partition coefficient (Wildman–Crippen LogP) is -2.78. The van der Waals surface area contributed by atoms with E-state index in [0.29, 0.717) is 27.7 Å². The molecule has 125 valence electrons. The summed E-state index contributed by atoms with van der Waals surface area (Å²) in [6.45, 7) is 9.62. The van der Waals surface area contributed by atoms with Crippen LogP contribution in [-0.2, 0) is 26.5 Å². The molecule has 6 heteroatoms. The van der Waals surface area contributed by atoms with Crippen molar-refractivity contribution >= 4 is 19.5 Å². The maximum absolute atomic E-state index is 12.0. The molecule has 24 heavy (non-hydrogen) atoms. The summed E-state index contributed by atoms with van der Waals surface area (Å²) in [6, 6.07) is 0. The molecule has 1 aliphatic heterocycles. The number of rotatable bonds is 2. The van der Waals surface area contributed by atoms with Gasteiger partial charge in [-0.25, -0.2) is 0 Å². The van der Waals surface area contributed by atoms with Crippen LogP contribution in [0.1, 0.15) is 34.1 Å². The Bertz CT molecular complexity index is 835. The second-order valence-corrected chi connectivity index (χ2v) is 12.5. The molecular weight excluding hydrogens is 393 g/mol. The van der Waals surface area contributed by atoms with Gasteiger partial charge in [0.1, 0.15) is 0 Å². The van der Waals surface area contributed by atoms with E-state index in [1.54, 1.807) is 16.3 Å². The largest absolute Gasteiger partial charge is 3.00 e. The molecule has 8 saturated carbocycles. The maximum Gasteiger partial charge on any atom is 3.00 e. The second-order valence-electron chi connectivity index (χ2n) is 9.22. The van der Waals surface area contributed by atoms with Gasteiger partial charge in [-0.3, -0.25) is 0 Å². The van der Waals surface area contributed by atoms with Crippen molar-refractivity contribution in [1.82, 2.24) is 0 Å². The number of carbonyl (C=O) groups excluding carboxylic acids is 1. The third-order valence-corrected chi connectivity index (χ3v) is 14.6. The number of hydrogen-bond acceptors (Lipinski definition) is 1. The molecule has 0 saturated heterocycles. The molecule has 8 aliphatic carbocycles. The number of allylic oxidation sites excluding steroid dienone is 2. The molecular formula is C18H20Cl2NOSiTi. The zero-order valence-electron chi connectivity index (χ0n) is 14.3. The van der Waals surface area contributed by atoms with Crippen molar-refractivity contribution in [2.45, 2.75) is 44.7 Å². The summed E-state index contributed by atoms with van der Waals surface area (Å²) in [5, 5.41) is 2.47. The first-order chi connectivity index (χ1) is 9.91. The van der Waals surface area contributed by atoms with E-state index in [0.717, 1.165) is 17.4 Å². The summed E-state index contributed by atoms with van der Waals surface area (Å²) >= 11 is 0. The van der Waals surface area contributed by atoms with E-state index in [9.17, 15) is 4.79 Å². The summed E-state index contributed by atoms with van der Waals surface area (Å²) < 4.78 is 0. The van der Waals surface area contributed by atoms with E-state index < -0.39 is 8.41 Å². The Morgan fingerprint density at radius 1 is 1.25 bits per heavy atom. The van der Waals surface area contributed by atoms with Gasteiger partial charge in [0.25, 0.3) is 0 Å². The van der Waals surface area contributed by atoms with Crippen molar-refractivity contribution in [2.24, 2.45) is 39.9 Å². The summed E-state index contributed by atoms with van der Waals surface area (Å²) in [5.74, 6) is 2.95. The Balaban J connectivity index is 0.000000486. The summed E-state index contributed by atoms with van der Waals surface area (Å²) in [4.78, 5) is 12.0. The van der Waals surface area contributed by atoms with Crippen LogP contribution in [0.2, 0.25) is 10.6 Å². The van der Waals surface area contributed by atoms with Gasteiger partial charge in [0.15, 0.2) is 0 Å². The van der Waals surface area contributed by atoms with Crippen LogP contribution in [-0.4, -0.2) is 19.5 Å². The first-order valence-electron chi connectivity index (χ1n) is 8.56. The van der Waals surface area contributed by atoms with Gasteiger partial charge in [-0.1, -0.05) is 23.2 Å². The van der Waals surface area contributed by atoms with E-state index in [4.69, 9.17) is 5.73 Å². The van der Waals surface area contributed by atoms with Gasteiger partial charge in [0.05, 0.1) is 5.91 Å². The Morgan fingerprint density at radius 2 is 1.88 bits per heavy atom. The van der Waals surface area contributed by atoms with Gasteiger partial charge in [-0.2, -0.15) is 0 Å². The number of hydrogen-bond donors (Lipinski definition) is 0. The van der Waals surface area contributed by atoms with Crippen LogP contribution in [0.15, 0.2) is 11.1 Å². The number of carbonyl (C=O) groups is 1. The minimum atomic E-state index is -0.454. The fraction of sp³-hybridized carbons (Fsp3) is 0.778. The zero-order valence-corrected chi connectivity index (χ0v) is 18.3. The van der Waals surface area contributed by atoms with Crippen molar-refractivity contribution in [3.63, 3.8) is 0 Å². The molecule has 9 rings (SSSR count). The fourth-order valence-electron chi connectivity index (χ4n) is 10.2. The van der Waals surface area contributed by atoms with Crippen LogP contribution >= 0.6 is 0 Å². The molecule has 0 aromatic carbocycles. The fourth-order valence-corrected chi connectivity index (χ4v) is 15.7. The van der Waals surface area contributed by atoms with E-state index >= 15 is 0 Å². The van der Waals surface area contributed by atoms with Crippen molar-refractivity contribution in [1.29, 1.82) is 0 Å². The predicted molar refractivity (Wildman–Crippen MR) is 82.1 cm³/mol. The Labute approximate surface area is 171 Å². The van der Waals surface area contributed by atoms with Gasteiger partial charge in [-0.05, 0) is 72.3 Å². The standard InChI is InChI=1S/C18H21NOSi.2ClH.Ti/c1-6-7(2)9(4)21(8(6)3)18-11-10-5-15(18)13-16(10,14(19)20)17(13,15)12(11)18;;;/h8,10-13H,5H2,1-4H3,(H2,19,20);2*1H;/q;;;+3/p-3. The number of amides is 1. The molecule has 8 fully saturated rings. The van der Waals surface area contributed by atoms with E-state index in [-0.39, 0.29) is 57.9 Å². The van der Waals surface area contributed by atoms with Crippen LogP contribution in [0.3, 0.4) is 0 Å². The van der Waals surface area contributed by atoms with Gasteiger partial charge < -0.3 is 35.3 Å². The average molecular weight is 413 g/mol. The van der Waals surface area contributed by atoms with E-state index in [1.165, 1.54) is 6.42 Å².